The van der Waals surface area contributed by atoms with Crippen molar-refractivity contribution in [3.05, 3.63) is 24.3 Å². The maximum absolute atomic E-state index is 13.1. The fourth-order valence-corrected chi connectivity index (χ4v) is 12.7. The van der Waals surface area contributed by atoms with Crippen molar-refractivity contribution in [1.29, 1.82) is 0 Å². The molecule has 0 aliphatic carbocycles. The van der Waals surface area contributed by atoms with Crippen LogP contribution in [-0.2, 0) is 65.4 Å². The predicted molar refractivity (Wildman–Crippen MR) is 386 cm³/mol. The van der Waals surface area contributed by atoms with Gasteiger partial charge in [-0.3, -0.25) is 37.3 Å². The quantitative estimate of drug-likeness (QED) is 0.0169. The number of phosphoric ester groups is 2. The Morgan fingerprint density at radius 2 is 0.621 bits per heavy atom. The Morgan fingerprint density at radius 3 is 0.947 bits per heavy atom. The van der Waals surface area contributed by atoms with E-state index in [1.165, 1.54) is 173 Å². The van der Waals surface area contributed by atoms with Crippen molar-refractivity contribution < 1.29 is 80.2 Å². The van der Waals surface area contributed by atoms with E-state index < -0.39 is 97.5 Å². The summed E-state index contributed by atoms with van der Waals surface area (Å²) < 4.78 is 68.5. The standard InChI is InChI=1S/C76H144O17P2/c1-7-10-12-14-16-18-20-21-22-23-29-36-42-48-54-60-75(80)92-71(65-87-74(79)59-53-47-41-35-28-25-24-27-32-38-44-50-56-68(4)5)66-90-94(82,83)88-62-70(77)63-89-95(84,85)91-67-72(64-86-73(78)58-52-46-40-34-26-19-17-15-13-11-8-2)93-76(81)61-55-49-43-37-31-30-33-39-45-51-57-69(6)9-3/h18,20-22,68-72,77H,7-17,19,23-67H2,1-6H3,(H,82,83)(H,84,85)/b20-18-,22-21-/t69?,70-,71-,72-/m1/s1. The highest BCUT2D eigenvalue weighted by Gasteiger charge is 2.30. The van der Waals surface area contributed by atoms with Crippen molar-refractivity contribution in [2.24, 2.45) is 11.8 Å². The van der Waals surface area contributed by atoms with Gasteiger partial charge in [-0.2, -0.15) is 0 Å². The maximum atomic E-state index is 13.1. The molecule has 0 amide bonds. The molecular weight excluding hydrogens is 1250 g/mol. The van der Waals surface area contributed by atoms with Crippen molar-refractivity contribution in [2.75, 3.05) is 39.6 Å². The van der Waals surface area contributed by atoms with Crippen molar-refractivity contribution in [3.63, 3.8) is 0 Å². The lowest BCUT2D eigenvalue weighted by molar-refractivity contribution is -0.161. The minimum absolute atomic E-state index is 0.0851. The number of rotatable bonds is 73. The van der Waals surface area contributed by atoms with Gasteiger partial charge in [0.1, 0.15) is 19.3 Å². The Hall–Kier alpha value is -2.46. The largest absolute Gasteiger partial charge is 0.472 e. The van der Waals surface area contributed by atoms with Gasteiger partial charge in [0.2, 0.25) is 0 Å². The van der Waals surface area contributed by atoms with Crippen LogP contribution in [0.2, 0.25) is 0 Å². The molecule has 0 rings (SSSR count). The van der Waals surface area contributed by atoms with Crippen LogP contribution in [0.1, 0.15) is 369 Å². The van der Waals surface area contributed by atoms with Crippen LogP contribution < -0.4 is 0 Å². The summed E-state index contributed by atoms with van der Waals surface area (Å²) in [5.41, 5.74) is 0. The van der Waals surface area contributed by atoms with Crippen molar-refractivity contribution >= 4 is 39.5 Å². The van der Waals surface area contributed by atoms with E-state index in [1.54, 1.807) is 0 Å². The third-order valence-electron chi connectivity index (χ3n) is 17.4. The number of unbranched alkanes of at least 4 members (excludes halogenated alkanes) is 39. The molecule has 0 aromatic rings. The molecule has 0 fully saturated rings. The number of hydrogen-bond donors (Lipinski definition) is 3. The Balaban J connectivity index is 5.30. The number of phosphoric acid groups is 2. The lowest BCUT2D eigenvalue weighted by Crippen LogP contribution is -2.30. The van der Waals surface area contributed by atoms with Crippen molar-refractivity contribution in [2.45, 2.75) is 387 Å². The molecule has 19 heteroatoms. The van der Waals surface area contributed by atoms with Crippen LogP contribution in [0.15, 0.2) is 24.3 Å². The van der Waals surface area contributed by atoms with Gasteiger partial charge in [0.25, 0.3) is 0 Å². The third kappa shape index (κ3) is 68.5. The van der Waals surface area contributed by atoms with E-state index in [0.717, 1.165) is 115 Å². The average Bonchev–Trinajstić information content (AvgIpc) is 1.37. The minimum atomic E-state index is -4.97. The van der Waals surface area contributed by atoms with Gasteiger partial charge in [0.15, 0.2) is 12.2 Å². The van der Waals surface area contributed by atoms with Gasteiger partial charge in [0, 0.05) is 25.7 Å². The fraction of sp³-hybridized carbons (Fsp3) is 0.895. The molecule has 3 N–H and O–H groups in total. The molecule has 0 aromatic heterocycles. The van der Waals surface area contributed by atoms with Crippen LogP contribution in [0.25, 0.3) is 0 Å². The Morgan fingerprint density at radius 1 is 0.347 bits per heavy atom. The van der Waals surface area contributed by atoms with Gasteiger partial charge in [-0.05, 0) is 63.2 Å². The van der Waals surface area contributed by atoms with Crippen molar-refractivity contribution in [1.82, 2.24) is 0 Å². The normalized spacial score (nSPS) is 14.5. The minimum Gasteiger partial charge on any atom is -0.462 e. The molecule has 0 saturated heterocycles. The molecule has 17 nitrogen and oxygen atoms in total. The van der Waals surface area contributed by atoms with E-state index >= 15 is 0 Å². The lowest BCUT2D eigenvalue weighted by Gasteiger charge is -2.21. The molecule has 0 spiro atoms. The number of hydrogen-bond acceptors (Lipinski definition) is 15. The first-order chi connectivity index (χ1) is 45.9. The Bertz CT molecular complexity index is 1930. The highest BCUT2D eigenvalue weighted by molar-refractivity contribution is 7.47. The molecule has 0 bridgehead atoms. The lowest BCUT2D eigenvalue weighted by atomic mass is 9.99. The van der Waals surface area contributed by atoms with E-state index in [2.05, 4.69) is 65.8 Å². The monoisotopic (exact) mass is 1390 g/mol. The molecule has 560 valence electrons. The summed E-state index contributed by atoms with van der Waals surface area (Å²) >= 11 is 0. The van der Waals surface area contributed by atoms with Crippen molar-refractivity contribution in [3.8, 4) is 0 Å². The number of aliphatic hydroxyl groups excluding tert-OH is 1. The van der Waals surface area contributed by atoms with Gasteiger partial charge >= 0.3 is 39.5 Å². The predicted octanol–water partition coefficient (Wildman–Crippen LogP) is 21.9. The van der Waals surface area contributed by atoms with Crippen LogP contribution in [0, 0.1) is 11.8 Å². The molecule has 0 aliphatic heterocycles. The van der Waals surface area contributed by atoms with Crippen LogP contribution >= 0.6 is 15.6 Å². The number of aliphatic hydroxyl groups is 1. The zero-order valence-electron chi connectivity index (χ0n) is 61.5. The molecule has 0 heterocycles. The second-order valence-corrected chi connectivity index (χ2v) is 30.3. The van der Waals surface area contributed by atoms with Crippen LogP contribution in [0.4, 0.5) is 0 Å². The number of carbonyl (C=O) groups excluding carboxylic acids is 4. The van der Waals surface area contributed by atoms with E-state index in [0.29, 0.717) is 25.7 Å². The SMILES string of the molecule is CCCCCC/C=C\C=C/CCCCCCCC(=O)O[C@H](COC(=O)CCCCCCCCCCCCCCC(C)C)COP(=O)(O)OC[C@@H](O)COP(=O)(O)OC[C@@H](COC(=O)CCCCCCCCCCCCC)OC(=O)CCCCCCCCCCCCC(C)CC. The van der Waals surface area contributed by atoms with Gasteiger partial charge in [-0.25, -0.2) is 9.13 Å². The highest BCUT2D eigenvalue weighted by Crippen LogP contribution is 2.45. The second-order valence-electron chi connectivity index (χ2n) is 27.4. The summed E-state index contributed by atoms with van der Waals surface area (Å²) in [6.45, 7) is 9.56. The third-order valence-corrected chi connectivity index (χ3v) is 19.3. The van der Waals surface area contributed by atoms with Gasteiger partial charge in [-0.1, -0.05) is 316 Å². The van der Waals surface area contributed by atoms with Crippen LogP contribution in [0.5, 0.6) is 0 Å². The molecular formula is C76H144O17P2. The summed E-state index contributed by atoms with van der Waals surface area (Å²) in [6.07, 6.45) is 57.5. The number of esters is 4. The highest BCUT2D eigenvalue weighted by atomic mass is 31.2. The zero-order chi connectivity index (χ0) is 70.0. The van der Waals surface area contributed by atoms with E-state index in [9.17, 15) is 43.2 Å². The summed E-state index contributed by atoms with van der Waals surface area (Å²) in [4.78, 5) is 72.8. The number of allylic oxidation sites excluding steroid dienone is 4. The molecule has 0 saturated carbocycles. The maximum Gasteiger partial charge on any atom is 0.472 e. The van der Waals surface area contributed by atoms with Gasteiger partial charge < -0.3 is 33.8 Å². The van der Waals surface area contributed by atoms with E-state index in [4.69, 9.17) is 37.0 Å². The molecule has 0 aromatic carbocycles. The first-order valence-corrected chi connectivity index (χ1v) is 41.8. The smallest absolute Gasteiger partial charge is 0.462 e. The molecule has 0 radical (unpaired) electrons. The van der Waals surface area contributed by atoms with E-state index in [1.807, 2.05) is 0 Å². The van der Waals surface area contributed by atoms with Gasteiger partial charge in [-0.15, -0.1) is 0 Å². The average molecular weight is 1390 g/mol. The summed E-state index contributed by atoms with van der Waals surface area (Å²) in [5, 5.41) is 10.6. The number of ether oxygens (including phenoxy) is 4. The first-order valence-electron chi connectivity index (χ1n) is 38.8. The summed E-state index contributed by atoms with van der Waals surface area (Å²) in [5.74, 6) is -0.564. The van der Waals surface area contributed by atoms with E-state index in [-0.39, 0.29) is 25.7 Å². The van der Waals surface area contributed by atoms with Crippen LogP contribution in [0.3, 0.4) is 0 Å². The Labute approximate surface area is 580 Å². The molecule has 0 aliphatic rings. The summed E-state index contributed by atoms with van der Waals surface area (Å²) in [6, 6.07) is 0. The topological polar surface area (TPSA) is 237 Å². The molecule has 3 unspecified atom stereocenters. The Kier molecular flexibility index (Phi) is 65.6. The fourth-order valence-electron chi connectivity index (χ4n) is 11.1. The number of carbonyl (C=O) groups is 4. The zero-order valence-corrected chi connectivity index (χ0v) is 63.2. The first kappa shape index (κ1) is 92.5. The second kappa shape index (κ2) is 67.4. The van der Waals surface area contributed by atoms with Gasteiger partial charge in [0.05, 0.1) is 26.4 Å². The summed E-state index contributed by atoms with van der Waals surface area (Å²) in [7, 11) is -9.92. The van der Waals surface area contributed by atoms with Crippen LogP contribution in [-0.4, -0.2) is 96.7 Å². The molecule has 95 heavy (non-hydrogen) atoms. The molecule has 6 atom stereocenters.